The van der Waals surface area contributed by atoms with E-state index in [9.17, 15) is 4.79 Å². The molecule has 1 aromatic carbocycles. The number of rotatable bonds is 3. The first-order valence-corrected chi connectivity index (χ1v) is 8.53. The quantitative estimate of drug-likeness (QED) is 0.895. The molecule has 4 rings (SSSR count). The standard InChI is InChI=1S/C18H22N4O3/c1-10-4-5-11(16-22-19-9-25-16)8-13(10)20-17(23)21-14-12-6-7-24-15(12)18(14,2)3/h4-5,8-9,12,14-15H,6-7H2,1-3H3,(H2,20,21,23). The number of aryl methyl sites for hydroxylation is 1. The number of carbonyl (C=O) groups excluding carboxylic acids is 1. The van der Waals surface area contributed by atoms with E-state index < -0.39 is 0 Å². The molecule has 7 heteroatoms. The Morgan fingerprint density at radius 3 is 2.96 bits per heavy atom. The molecule has 0 radical (unpaired) electrons. The maximum atomic E-state index is 12.5. The third kappa shape index (κ3) is 2.68. The van der Waals surface area contributed by atoms with Crippen LogP contribution in [-0.2, 0) is 4.74 Å². The number of urea groups is 1. The molecular weight excluding hydrogens is 320 g/mol. The van der Waals surface area contributed by atoms with Crippen LogP contribution >= 0.6 is 0 Å². The summed E-state index contributed by atoms with van der Waals surface area (Å²) in [5.41, 5.74) is 2.42. The van der Waals surface area contributed by atoms with Gasteiger partial charge in [-0.15, -0.1) is 10.2 Å². The average molecular weight is 342 g/mol. The fourth-order valence-electron chi connectivity index (χ4n) is 4.11. The van der Waals surface area contributed by atoms with Crippen molar-refractivity contribution in [1.29, 1.82) is 0 Å². The van der Waals surface area contributed by atoms with Gasteiger partial charge in [0.1, 0.15) is 0 Å². The lowest BCUT2D eigenvalue weighted by Crippen LogP contribution is -2.67. The molecular formula is C18H22N4O3. The van der Waals surface area contributed by atoms with E-state index >= 15 is 0 Å². The average Bonchev–Trinajstić information content (AvgIpc) is 3.25. The third-order valence-electron chi connectivity index (χ3n) is 5.48. The van der Waals surface area contributed by atoms with Crippen LogP contribution in [0.25, 0.3) is 11.5 Å². The number of fused-ring (bicyclic) bond motifs is 1. The molecule has 1 aliphatic carbocycles. The zero-order valence-corrected chi connectivity index (χ0v) is 14.6. The van der Waals surface area contributed by atoms with E-state index in [-0.39, 0.29) is 23.6 Å². The summed E-state index contributed by atoms with van der Waals surface area (Å²) < 4.78 is 11.0. The number of hydrogen-bond donors (Lipinski definition) is 2. The van der Waals surface area contributed by atoms with E-state index in [4.69, 9.17) is 9.15 Å². The van der Waals surface area contributed by atoms with Crippen LogP contribution in [0.5, 0.6) is 0 Å². The summed E-state index contributed by atoms with van der Waals surface area (Å²) in [6, 6.07) is 5.58. The smallest absolute Gasteiger partial charge is 0.319 e. The summed E-state index contributed by atoms with van der Waals surface area (Å²) in [6.07, 6.45) is 2.54. The van der Waals surface area contributed by atoms with Crippen molar-refractivity contribution in [3.8, 4) is 11.5 Å². The lowest BCUT2D eigenvalue weighted by Gasteiger charge is -2.54. The van der Waals surface area contributed by atoms with Crippen LogP contribution < -0.4 is 10.6 Å². The Kier molecular flexibility index (Phi) is 3.76. The van der Waals surface area contributed by atoms with Crippen LogP contribution in [0.2, 0.25) is 0 Å². The third-order valence-corrected chi connectivity index (χ3v) is 5.48. The highest BCUT2D eigenvalue weighted by Gasteiger charge is 2.59. The van der Waals surface area contributed by atoms with Gasteiger partial charge in [-0.2, -0.15) is 0 Å². The predicted octanol–water partition coefficient (Wildman–Crippen LogP) is 2.98. The molecule has 2 amide bonds. The molecule has 1 aromatic heterocycles. The first-order chi connectivity index (χ1) is 12.0. The summed E-state index contributed by atoms with van der Waals surface area (Å²) in [4.78, 5) is 12.5. The number of carbonyl (C=O) groups is 1. The van der Waals surface area contributed by atoms with Gasteiger partial charge >= 0.3 is 6.03 Å². The molecule has 132 valence electrons. The lowest BCUT2D eigenvalue weighted by molar-refractivity contribution is -0.107. The maximum absolute atomic E-state index is 12.5. The van der Waals surface area contributed by atoms with Gasteiger partial charge in [-0.3, -0.25) is 0 Å². The van der Waals surface area contributed by atoms with Crippen molar-refractivity contribution in [2.75, 3.05) is 11.9 Å². The van der Waals surface area contributed by atoms with Gasteiger partial charge in [0.05, 0.1) is 6.10 Å². The van der Waals surface area contributed by atoms with Gasteiger partial charge in [0.15, 0.2) is 0 Å². The highest BCUT2D eigenvalue weighted by atomic mass is 16.5. The SMILES string of the molecule is Cc1ccc(-c2nnco2)cc1NC(=O)NC1C2CCOC2C1(C)C. The fourth-order valence-corrected chi connectivity index (χ4v) is 4.11. The summed E-state index contributed by atoms with van der Waals surface area (Å²) in [5.74, 6) is 0.834. The van der Waals surface area contributed by atoms with Crippen molar-refractivity contribution in [3.63, 3.8) is 0 Å². The Balaban J connectivity index is 1.47. The molecule has 0 spiro atoms. The number of nitrogens with one attached hydrogen (secondary N) is 2. The molecule has 1 saturated heterocycles. The minimum Gasteiger partial charge on any atom is -0.423 e. The number of nitrogens with zero attached hydrogens (tertiary/aromatic N) is 2. The van der Waals surface area contributed by atoms with Crippen LogP contribution in [0.15, 0.2) is 29.0 Å². The van der Waals surface area contributed by atoms with Crippen molar-refractivity contribution < 1.29 is 13.9 Å². The van der Waals surface area contributed by atoms with Gasteiger partial charge in [-0.25, -0.2) is 4.79 Å². The van der Waals surface area contributed by atoms with E-state index in [0.717, 1.165) is 29.8 Å². The van der Waals surface area contributed by atoms with Crippen LogP contribution in [-0.4, -0.2) is 35.0 Å². The summed E-state index contributed by atoms with van der Waals surface area (Å²) in [5, 5.41) is 13.7. The highest BCUT2D eigenvalue weighted by Crippen LogP contribution is 2.52. The van der Waals surface area contributed by atoms with Gasteiger partial charge in [0, 0.05) is 35.2 Å². The Hall–Kier alpha value is -2.41. The number of hydrogen-bond acceptors (Lipinski definition) is 5. The van der Waals surface area contributed by atoms with Crippen molar-refractivity contribution in [2.24, 2.45) is 11.3 Å². The van der Waals surface area contributed by atoms with Crippen LogP contribution in [0.3, 0.4) is 0 Å². The Bertz CT molecular complexity index is 788. The Morgan fingerprint density at radius 2 is 2.20 bits per heavy atom. The normalized spacial score (nSPS) is 26.6. The molecule has 25 heavy (non-hydrogen) atoms. The summed E-state index contributed by atoms with van der Waals surface area (Å²) >= 11 is 0. The Labute approximate surface area is 146 Å². The van der Waals surface area contributed by atoms with Gasteiger partial charge in [0.2, 0.25) is 12.3 Å². The second-order valence-corrected chi connectivity index (χ2v) is 7.42. The lowest BCUT2D eigenvalue weighted by atomic mass is 9.57. The number of aromatic nitrogens is 2. The number of ether oxygens (including phenoxy) is 1. The molecule has 3 atom stereocenters. The molecule has 0 bridgehead atoms. The Morgan fingerprint density at radius 1 is 1.36 bits per heavy atom. The van der Waals surface area contributed by atoms with E-state index in [0.29, 0.717) is 11.8 Å². The monoisotopic (exact) mass is 342 g/mol. The van der Waals surface area contributed by atoms with Crippen molar-refractivity contribution in [1.82, 2.24) is 15.5 Å². The van der Waals surface area contributed by atoms with Gasteiger partial charge < -0.3 is 19.8 Å². The maximum Gasteiger partial charge on any atom is 0.319 e. The van der Waals surface area contributed by atoms with Crippen LogP contribution in [0, 0.1) is 18.3 Å². The minimum absolute atomic E-state index is 0.0425. The predicted molar refractivity (Wildman–Crippen MR) is 92.0 cm³/mol. The largest absolute Gasteiger partial charge is 0.423 e. The second-order valence-electron chi connectivity index (χ2n) is 7.42. The first kappa shape index (κ1) is 16.1. The van der Waals surface area contributed by atoms with Gasteiger partial charge in [0.25, 0.3) is 0 Å². The fraction of sp³-hybridized carbons (Fsp3) is 0.500. The van der Waals surface area contributed by atoms with E-state index in [2.05, 4.69) is 34.7 Å². The zero-order valence-electron chi connectivity index (χ0n) is 14.6. The molecule has 1 saturated carbocycles. The second kappa shape index (κ2) is 5.84. The van der Waals surface area contributed by atoms with Gasteiger partial charge in [-0.1, -0.05) is 19.9 Å². The molecule has 2 aliphatic rings. The molecule has 2 N–H and O–H groups in total. The van der Waals surface area contributed by atoms with Crippen LogP contribution in [0.1, 0.15) is 25.8 Å². The molecule has 2 fully saturated rings. The number of amides is 2. The first-order valence-electron chi connectivity index (χ1n) is 8.53. The molecule has 2 aromatic rings. The topological polar surface area (TPSA) is 89.3 Å². The van der Waals surface area contributed by atoms with E-state index in [1.54, 1.807) is 0 Å². The summed E-state index contributed by atoms with van der Waals surface area (Å²) in [6.45, 7) is 7.02. The van der Waals surface area contributed by atoms with Crippen molar-refractivity contribution in [2.45, 2.75) is 39.3 Å². The van der Waals surface area contributed by atoms with Crippen molar-refractivity contribution in [3.05, 3.63) is 30.2 Å². The molecule has 3 unspecified atom stereocenters. The van der Waals surface area contributed by atoms with Crippen LogP contribution in [0.4, 0.5) is 10.5 Å². The zero-order chi connectivity index (χ0) is 17.6. The minimum atomic E-state index is -0.200. The number of anilines is 1. The molecule has 2 heterocycles. The van der Waals surface area contributed by atoms with E-state index in [1.807, 2.05) is 25.1 Å². The van der Waals surface area contributed by atoms with Crippen molar-refractivity contribution >= 4 is 11.7 Å². The van der Waals surface area contributed by atoms with E-state index in [1.165, 1.54) is 6.39 Å². The molecule has 1 aliphatic heterocycles. The number of benzene rings is 1. The summed E-state index contributed by atoms with van der Waals surface area (Å²) in [7, 11) is 0. The molecule has 7 nitrogen and oxygen atoms in total. The highest BCUT2D eigenvalue weighted by molar-refractivity contribution is 5.91. The van der Waals surface area contributed by atoms with Gasteiger partial charge in [-0.05, 0) is 31.0 Å².